The van der Waals surface area contributed by atoms with Gasteiger partial charge in [-0.05, 0) is 25.5 Å². The maximum absolute atomic E-state index is 13.9. The number of unbranched alkanes of at least 4 members (excludes halogenated alkanes) is 1. The number of aliphatic hydroxyl groups is 1. The fourth-order valence-electron chi connectivity index (χ4n) is 2.74. The lowest BCUT2D eigenvalue weighted by Crippen LogP contribution is -2.16. The Hall–Kier alpha value is -2.57. The fourth-order valence-corrected chi connectivity index (χ4v) is 2.74. The van der Waals surface area contributed by atoms with Gasteiger partial charge in [-0.15, -0.1) is 0 Å². The Labute approximate surface area is 152 Å². The van der Waals surface area contributed by atoms with E-state index in [0.29, 0.717) is 12.1 Å². The van der Waals surface area contributed by atoms with Gasteiger partial charge in [0.2, 0.25) is 0 Å². The Morgan fingerprint density at radius 2 is 1.73 bits per heavy atom. The molecule has 6 heteroatoms. The molecular formula is C20H23FN4O. The Kier molecular flexibility index (Phi) is 6.46. The quantitative estimate of drug-likeness (QED) is 0.580. The van der Waals surface area contributed by atoms with Crippen LogP contribution in [0.2, 0.25) is 0 Å². The van der Waals surface area contributed by atoms with Crippen molar-refractivity contribution >= 4 is 0 Å². The average Bonchev–Trinajstić information content (AvgIpc) is 3.07. The van der Waals surface area contributed by atoms with Crippen LogP contribution in [0.25, 0.3) is 11.3 Å². The van der Waals surface area contributed by atoms with Crippen molar-refractivity contribution in [2.24, 2.45) is 0 Å². The molecule has 0 bridgehead atoms. The second-order valence-electron chi connectivity index (χ2n) is 6.09. The molecule has 1 aromatic heterocycles. The summed E-state index contributed by atoms with van der Waals surface area (Å²) in [5.74, 6) is -0.255. The second kappa shape index (κ2) is 9.22. The highest BCUT2D eigenvalue weighted by Crippen LogP contribution is 2.20. The summed E-state index contributed by atoms with van der Waals surface area (Å²) in [6.45, 7) is 1.87. The number of aromatic nitrogens is 3. The maximum Gasteiger partial charge on any atom is 0.128 e. The van der Waals surface area contributed by atoms with Crippen LogP contribution in [0, 0.1) is 5.82 Å². The van der Waals surface area contributed by atoms with Crippen molar-refractivity contribution in [3.63, 3.8) is 0 Å². The maximum atomic E-state index is 13.9. The zero-order chi connectivity index (χ0) is 18.2. The first-order chi connectivity index (χ1) is 12.8. The van der Waals surface area contributed by atoms with Gasteiger partial charge in [-0.3, -0.25) is 0 Å². The minimum Gasteiger partial charge on any atom is -0.396 e. The molecule has 1 heterocycles. The lowest BCUT2D eigenvalue weighted by atomic mass is 10.1. The number of nitrogens with one attached hydrogen (secondary N) is 1. The fraction of sp³-hybridized carbons (Fsp3) is 0.300. The largest absolute Gasteiger partial charge is 0.396 e. The van der Waals surface area contributed by atoms with E-state index in [2.05, 4.69) is 15.5 Å². The molecule has 0 amide bonds. The topological polar surface area (TPSA) is 63.0 Å². The van der Waals surface area contributed by atoms with E-state index in [4.69, 9.17) is 5.11 Å². The lowest BCUT2D eigenvalue weighted by Gasteiger charge is -2.03. The normalized spacial score (nSPS) is 11.0. The molecule has 3 aromatic rings. The third-order valence-electron chi connectivity index (χ3n) is 4.10. The molecule has 26 heavy (non-hydrogen) atoms. The zero-order valence-corrected chi connectivity index (χ0v) is 14.6. The molecular weight excluding hydrogens is 331 g/mol. The number of benzene rings is 2. The van der Waals surface area contributed by atoms with E-state index in [1.807, 2.05) is 36.4 Å². The van der Waals surface area contributed by atoms with Gasteiger partial charge in [0.05, 0.1) is 6.54 Å². The minimum absolute atomic E-state index is 0.204. The summed E-state index contributed by atoms with van der Waals surface area (Å²) in [7, 11) is 0. The smallest absolute Gasteiger partial charge is 0.128 e. The van der Waals surface area contributed by atoms with Crippen LogP contribution in [-0.4, -0.2) is 33.3 Å². The molecule has 0 fully saturated rings. The highest BCUT2D eigenvalue weighted by atomic mass is 19.1. The van der Waals surface area contributed by atoms with Crippen LogP contribution in [0.1, 0.15) is 24.1 Å². The van der Waals surface area contributed by atoms with E-state index in [0.717, 1.165) is 36.3 Å². The van der Waals surface area contributed by atoms with E-state index in [1.54, 1.807) is 16.9 Å². The summed E-state index contributed by atoms with van der Waals surface area (Å²) in [6.07, 6.45) is 1.68. The highest BCUT2D eigenvalue weighted by Gasteiger charge is 2.14. The van der Waals surface area contributed by atoms with Crippen LogP contribution in [-0.2, 0) is 13.1 Å². The van der Waals surface area contributed by atoms with Crippen LogP contribution < -0.4 is 5.32 Å². The van der Waals surface area contributed by atoms with E-state index in [9.17, 15) is 4.39 Å². The van der Waals surface area contributed by atoms with E-state index >= 15 is 0 Å². The number of rotatable bonds is 9. The van der Waals surface area contributed by atoms with Crippen LogP contribution in [0.3, 0.4) is 0 Å². The van der Waals surface area contributed by atoms with Crippen molar-refractivity contribution in [1.82, 2.24) is 20.3 Å². The summed E-state index contributed by atoms with van der Waals surface area (Å²) in [5, 5.41) is 21.4. The summed E-state index contributed by atoms with van der Waals surface area (Å²) in [5.41, 5.74) is 3.18. The standard InChI is InChI=1S/C20H23FN4O/c21-18-11-5-4-10-17(18)15-25-23-19(14-22-12-6-7-13-26)20(24-25)16-8-2-1-3-9-16/h1-5,8-11,22,26H,6-7,12-15H2. The van der Waals surface area contributed by atoms with Gasteiger partial charge in [-0.25, -0.2) is 4.39 Å². The monoisotopic (exact) mass is 354 g/mol. The molecule has 0 atom stereocenters. The van der Waals surface area contributed by atoms with Crippen molar-refractivity contribution in [1.29, 1.82) is 0 Å². The summed E-state index contributed by atoms with van der Waals surface area (Å²) in [4.78, 5) is 1.55. The van der Waals surface area contributed by atoms with E-state index < -0.39 is 0 Å². The molecule has 5 nitrogen and oxygen atoms in total. The summed E-state index contributed by atoms with van der Waals surface area (Å²) >= 11 is 0. The highest BCUT2D eigenvalue weighted by molar-refractivity contribution is 5.60. The van der Waals surface area contributed by atoms with Crippen molar-refractivity contribution in [2.45, 2.75) is 25.9 Å². The molecule has 0 aliphatic rings. The molecule has 0 spiro atoms. The molecule has 2 N–H and O–H groups in total. The van der Waals surface area contributed by atoms with Gasteiger partial charge in [0.1, 0.15) is 17.2 Å². The summed E-state index contributed by atoms with van der Waals surface area (Å²) < 4.78 is 13.9. The third kappa shape index (κ3) is 4.74. The number of aliphatic hydroxyl groups excluding tert-OH is 1. The Morgan fingerprint density at radius 1 is 0.962 bits per heavy atom. The predicted molar refractivity (Wildman–Crippen MR) is 99.0 cm³/mol. The molecule has 0 aliphatic carbocycles. The number of hydrogen-bond donors (Lipinski definition) is 2. The Morgan fingerprint density at radius 3 is 2.50 bits per heavy atom. The molecule has 136 valence electrons. The SMILES string of the molecule is OCCCCNCc1nn(Cc2ccccc2F)nc1-c1ccccc1. The first-order valence-corrected chi connectivity index (χ1v) is 8.82. The number of halogens is 1. The van der Waals surface area contributed by atoms with Crippen LogP contribution in [0.4, 0.5) is 4.39 Å². The third-order valence-corrected chi connectivity index (χ3v) is 4.10. The molecule has 0 aliphatic heterocycles. The first-order valence-electron chi connectivity index (χ1n) is 8.82. The lowest BCUT2D eigenvalue weighted by molar-refractivity contribution is 0.283. The molecule has 0 saturated heterocycles. The van der Waals surface area contributed by atoms with Crippen LogP contribution in [0.5, 0.6) is 0 Å². The number of nitrogens with zero attached hydrogens (tertiary/aromatic N) is 3. The number of hydrogen-bond acceptors (Lipinski definition) is 4. The molecule has 0 unspecified atom stereocenters. The van der Waals surface area contributed by atoms with Gasteiger partial charge in [-0.1, -0.05) is 48.5 Å². The second-order valence-corrected chi connectivity index (χ2v) is 6.09. The van der Waals surface area contributed by atoms with Crippen molar-refractivity contribution in [2.75, 3.05) is 13.2 Å². The van der Waals surface area contributed by atoms with Crippen molar-refractivity contribution < 1.29 is 9.50 Å². The zero-order valence-electron chi connectivity index (χ0n) is 14.6. The predicted octanol–water partition coefficient (Wildman–Crippen LogP) is 2.99. The molecule has 0 radical (unpaired) electrons. The van der Waals surface area contributed by atoms with Crippen LogP contribution >= 0.6 is 0 Å². The summed E-state index contributed by atoms with van der Waals surface area (Å²) in [6, 6.07) is 16.5. The van der Waals surface area contributed by atoms with Gasteiger partial charge < -0.3 is 10.4 Å². The molecule has 3 rings (SSSR count). The van der Waals surface area contributed by atoms with Gasteiger partial charge in [0.25, 0.3) is 0 Å². The van der Waals surface area contributed by atoms with Gasteiger partial charge in [0, 0.05) is 24.3 Å². The molecule has 2 aromatic carbocycles. The van der Waals surface area contributed by atoms with E-state index in [1.165, 1.54) is 6.07 Å². The first kappa shape index (κ1) is 18.2. The van der Waals surface area contributed by atoms with E-state index in [-0.39, 0.29) is 19.0 Å². The van der Waals surface area contributed by atoms with Gasteiger partial charge in [0.15, 0.2) is 0 Å². The Bertz CT molecular complexity index is 820. The average molecular weight is 354 g/mol. The minimum atomic E-state index is -0.255. The van der Waals surface area contributed by atoms with Crippen LogP contribution in [0.15, 0.2) is 54.6 Å². The van der Waals surface area contributed by atoms with Crippen molar-refractivity contribution in [3.8, 4) is 11.3 Å². The Balaban J connectivity index is 1.79. The van der Waals surface area contributed by atoms with Crippen molar-refractivity contribution in [3.05, 3.63) is 71.7 Å². The molecule has 0 saturated carbocycles. The van der Waals surface area contributed by atoms with Gasteiger partial charge in [-0.2, -0.15) is 15.0 Å². The van der Waals surface area contributed by atoms with Gasteiger partial charge >= 0.3 is 0 Å².